The molecule has 0 fully saturated rings. The second-order valence-electron chi connectivity index (χ2n) is 6.07. The van der Waals surface area contributed by atoms with Gasteiger partial charge in [-0.1, -0.05) is 18.2 Å². The normalized spacial score (nSPS) is 13.3. The van der Waals surface area contributed by atoms with E-state index in [1.165, 1.54) is 13.3 Å². The van der Waals surface area contributed by atoms with Gasteiger partial charge < -0.3 is 15.0 Å². The molecule has 0 atom stereocenters. The number of hydrogen-bond acceptors (Lipinski definition) is 5. The highest BCUT2D eigenvalue weighted by Gasteiger charge is 2.24. The van der Waals surface area contributed by atoms with Gasteiger partial charge in [-0.25, -0.2) is 4.79 Å². The Kier molecular flexibility index (Phi) is 5.53. The van der Waals surface area contributed by atoms with Crippen molar-refractivity contribution in [1.29, 1.82) is 5.26 Å². The summed E-state index contributed by atoms with van der Waals surface area (Å²) in [6, 6.07) is 16.3. The number of nitrogens with one attached hydrogen (secondary N) is 1. The van der Waals surface area contributed by atoms with Crippen LogP contribution in [0.3, 0.4) is 0 Å². The summed E-state index contributed by atoms with van der Waals surface area (Å²) in [7, 11) is 1.32. The van der Waals surface area contributed by atoms with E-state index >= 15 is 0 Å². The smallest absolute Gasteiger partial charge is 0.337 e. The largest absolute Gasteiger partial charge is 0.465 e. The van der Waals surface area contributed by atoms with Crippen molar-refractivity contribution in [3.05, 3.63) is 71.4 Å². The van der Waals surface area contributed by atoms with Crippen LogP contribution in [0.25, 0.3) is 0 Å². The summed E-state index contributed by atoms with van der Waals surface area (Å²) in [5.41, 5.74) is 3.07. The molecule has 0 spiro atoms. The number of para-hydroxylation sites is 1. The van der Waals surface area contributed by atoms with Crippen LogP contribution in [-0.4, -0.2) is 25.5 Å². The number of nitrogens with zero attached hydrogens (tertiary/aromatic N) is 2. The summed E-state index contributed by atoms with van der Waals surface area (Å²) in [5, 5.41) is 12.4. The van der Waals surface area contributed by atoms with Crippen LogP contribution < -0.4 is 10.2 Å². The van der Waals surface area contributed by atoms with Gasteiger partial charge in [0, 0.05) is 24.1 Å². The first-order valence-corrected chi connectivity index (χ1v) is 8.59. The first-order valence-electron chi connectivity index (χ1n) is 8.59. The fourth-order valence-electron chi connectivity index (χ4n) is 3.01. The highest BCUT2D eigenvalue weighted by atomic mass is 16.5. The fraction of sp³-hybridized carbons (Fsp3) is 0.190. The van der Waals surface area contributed by atoms with E-state index in [-0.39, 0.29) is 11.5 Å². The molecule has 2 aromatic carbocycles. The first kappa shape index (κ1) is 18.2. The highest BCUT2D eigenvalue weighted by molar-refractivity contribution is 6.09. The second-order valence-corrected chi connectivity index (χ2v) is 6.07. The monoisotopic (exact) mass is 361 g/mol. The van der Waals surface area contributed by atoms with Gasteiger partial charge in [0.1, 0.15) is 11.6 Å². The molecule has 3 rings (SSSR count). The summed E-state index contributed by atoms with van der Waals surface area (Å²) in [6.45, 7) is 0.586. The standard InChI is InChI=1S/C21H19N3O3/c1-27-21(26)16-8-10-18(11-9-16)23-14-17(13-22)20(25)24-12-4-6-15-5-2-3-7-19(15)24/h2-3,5,7-11,14,23H,4,6,12H2,1H3/b17-14-. The number of hydrogen-bond donors (Lipinski definition) is 1. The fourth-order valence-corrected chi connectivity index (χ4v) is 3.01. The molecule has 0 radical (unpaired) electrons. The molecule has 1 heterocycles. The molecule has 6 heteroatoms. The lowest BCUT2D eigenvalue weighted by Crippen LogP contribution is -2.36. The van der Waals surface area contributed by atoms with Crippen molar-refractivity contribution in [2.45, 2.75) is 12.8 Å². The third kappa shape index (κ3) is 3.98. The lowest BCUT2D eigenvalue weighted by Gasteiger charge is -2.29. The number of aryl methyl sites for hydroxylation is 1. The molecule has 0 unspecified atom stereocenters. The van der Waals surface area contributed by atoms with Crippen LogP contribution in [0.2, 0.25) is 0 Å². The lowest BCUT2D eigenvalue weighted by molar-refractivity contribution is -0.114. The summed E-state index contributed by atoms with van der Waals surface area (Å²) >= 11 is 0. The van der Waals surface area contributed by atoms with E-state index in [9.17, 15) is 14.9 Å². The maximum Gasteiger partial charge on any atom is 0.337 e. The molecule has 6 nitrogen and oxygen atoms in total. The summed E-state index contributed by atoms with van der Waals surface area (Å²) < 4.78 is 4.65. The van der Waals surface area contributed by atoms with Crippen molar-refractivity contribution in [2.75, 3.05) is 23.9 Å². The quantitative estimate of drug-likeness (QED) is 0.513. The SMILES string of the molecule is COC(=O)c1ccc(N/C=C(/C#N)C(=O)N2CCCc3ccccc32)cc1. The molecular weight excluding hydrogens is 342 g/mol. The van der Waals surface area contributed by atoms with Crippen LogP contribution in [0.4, 0.5) is 11.4 Å². The predicted molar refractivity (Wildman–Crippen MR) is 102 cm³/mol. The minimum absolute atomic E-state index is 0.0174. The Morgan fingerprint density at radius 1 is 1.19 bits per heavy atom. The van der Waals surface area contributed by atoms with E-state index in [0.717, 1.165) is 24.1 Å². The number of fused-ring (bicyclic) bond motifs is 1. The lowest BCUT2D eigenvalue weighted by atomic mass is 10.0. The van der Waals surface area contributed by atoms with Crippen LogP contribution in [0.5, 0.6) is 0 Å². The Morgan fingerprint density at radius 2 is 1.93 bits per heavy atom. The van der Waals surface area contributed by atoms with Crippen molar-refractivity contribution < 1.29 is 14.3 Å². The number of nitriles is 1. The van der Waals surface area contributed by atoms with Gasteiger partial charge in [0.2, 0.25) is 0 Å². The van der Waals surface area contributed by atoms with Crippen molar-refractivity contribution in [2.24, 2.45) is 0 Å². The number of methoxy groups -OCH3 is 1. The molecule has 0 aromatic heterocycles. The van der Waals surface area contributed by atoms with Crippen LogP contribution in [-0.2, 0) is 16.0 Å². The van der Waals surface area contributed by atoms with Crippen LogP contribution in [0.15, 0.2) is 60.3 Å². The van der Waals surface area contributed by atoms with Crippen molar-refractivity contribution >= 4 is 23.3 Å². The van der Waals surface area contributed by atoms with E-state index in [2.05, 4.69) is 10.1 Å². The zero-order chi connectivity index (χ0) is 19.2. The van der Waals surface area contributed by atoms with Crippen molar-refractivity contribution in [3.63, 3.8) is 0 Å². The first-order chi connectivity index (χ1) is 13.1. The van der Waals surface area contributed by atoms with Gasteiger partial charge >= 0.3 is 5.97 Å². The molecule has 1 N–H and O–H groups in total. The van der Waals surface area contributed by atoms with Gasteiger partial charge in [0.15, 0.2) is 0 Å². The van der Waals surface area contributed by atoms with Gasteiger partial charge in [-0.15, -0.1) is 0 Å². The van der Waals surface area contributed by atoms with Crippen LogP contribution >= 0.6 is 0 Å². The number of rotatable bonds is 4. The molecule has 0 saturated heterocycles. The van der Waals surface area contributed by atoms with Crippen molar-refractivity contribution in [1.82, 2.24) is 0 Å². The van der Waals surface area contributed by atoms with Crippen molar-refractivity contribution in [3.8, 4) is 6.07 Å². The Balaban J connectivity index is 1.76. The summed E-state index contributed by atoms with van der Waals surface area (Å²) in [5.74, 6) is -0.753. The molecule has 2 aromatic rings. The van der Waals surface area contributed by atoms with E-state index in [1.54, 1.807) is 29.2 Å². The number of ether oxygens (including phenoxy) is 1. The van der Waals surface area contributed by atoms with Gasteiger partial charge in [-0.2, -0.15) is 5.26 Å². The molecule has 27 heavy (non-hydrogen) atoms. The number of carbonyl (C=O) groups excluding carboxylic acids is 2. The molecule has 136 valence electrons. The van der Waals surface area contributed by atoms with E-state index in [4.69, 9.17) is 0 Å². The summed E-state index contributed by atoms with van der Waals surface area (Å²) in [4.78, 5) is 25.9. The van der Waals surface area contributed by atoms with Gasteiger partial charge in [-0.05, 0) is 48.7 Å². The van der Waals surface area contributed by atoms with Gasteiger partial charge in [0.05, 0.1) is 12.7 Å². The maximum atomic E-state index is 12.8. The van der Waals surface area contributed by atoms with Gasteiger partial charge in [0.25, 0.3) is 5.91 Å². The molecule has 0 aliphatic carbocycles. The van der Waals surface area contributed by atoms with Crippen LogP contribution in [0, 0.1) is 11.3 Å². The summed E-state index contributed by atoms with van der Waals surface area (Å²) in [6.07, 6.45) is 3.19. The molecular formula is C21H19N3O3. The molecule has 0 bridgehead atoms. The third-order valence-corrected chi connectivity index (χ3v) is 4.40. The second kappa shape index (κ2) is 8.19. The Bertz CT molecular complexity index is 926. The number of esters is 1. The maximum absolute atomic E-state index is 12.8. The van der Waals surface area contributed by atoms with Crippen LogP contribution in [0.1, 0.15) is 22.3 Å². The van der Waals surface area contributed by atoms with Gasteiger partial charge in [-0.3, -0.25) is 4.79 Å². The minimum atomic E-state index is -0.422. The number of anilines is 2. The zero-order valence-corrected chi connectivity index (χ0v) is 14.9. The van der Waals surface area contributed by atoms with E-state index < -0.39 is 5.97 Å². The number of benzene rings is 2. The molecule has 1 amide bonds. The van der Waals surface area contributed by atoms with E-state index in [0.29, 0.717) is 17.8 Å². The average molecular weight is 361 g/mol. The predicted octanol–water partition coefficient (Wildman–Crippen LogP) is 3.27. The minimum Gasteiger partial charge on any atom is -0.465 e. The highest BCUT2D eigenvalue weighted by Crippen LogP contribution is 2.27. The Morgan fingerprint density at radius 3 is 2.63 bits per heavy atom. The van der Waals surface area contributed by atoms with E-state index in [1.807, 2.05) is 30.3 Å². The number of carbonyl (C=O) groups is 2. The average Bonchev–Trinajstić information content (AvgIpc) is 2.73. The third-order valence-electron chi connectivity index (χ3n) is 4.40. The zero-order valence-electron chi connectivity index (χ0n) is 14.9. The Hall–Kier alpha value is -3.59. The number of amides is 1. The molecule has 0 saturated carbocycles. The molecule has 1 aliphatic rings. The Labute approximate surface area is 157 Å². The molecule has 1 aliphatic heterocycles. The topological polar surface area (TPSA) is 82.4 Å².